The molecule has 2 heterocycles. The zero-order valence-corrected chi connectivity index (χ0v) is 27.1. The molecule has 234 valence electrons. The maximum absolute atomic E-state index is 6.34. The van der Waals surface area contributed by atoms with Gasteiger partial charge >= 0.3 is 0 Å². The maximum Gasteiger partial charge on any atom is 0.136 e. The van der Waals surface area contributed by atoms with Crippen LogP contribution < -0.4 is 4.90 Å². The van der Waals surface area contributed by atoms with Crippen LogP contribution in [0.5, 0.6) is 0 Å². The zero-order valence-electron chi connectivity index (χ0n) is 27.1. The summed E-state index contributed by atoms with van der Waals surface area (Å²) in [4.78, 5) is 6.94. The molecular formula is C47H30N2O. The number of hydrogen-bond acceptors (Lipinski definition) is 3. The highest BCUT2D eigenvalue weighted by Gasteiger charge is 2.17. The van der Waals surface area contributed by atoms with Crippen molar-refractivity contribution in [2.75, 3.05) is 4.90 Å². The number of nitrogens with zero attached hydrogens (tertiary/aromatic N) is 2. The number of furan rings is 1. The van der Waals surface area contributed by atoms with Crippen molar-refractivity contribution in [1.82, 2.24) is 4.98 Å². The van der Waals surface area contributed by atoms with Crippen LogP contribution in [0.4, 0.5) is 17.1 Å². The van der Waals surface area contributed by atoms with Gasteiger partial charge in [0.05, 0.1) is 5.52 Å². The average Bonchev–Trinajstić information content (AvgIpc) is 3.54. The summed E-state index contributed by atoms with van der Waals surface area (Å²) in [5.41, 5.74) is 10.7. The van der Waals surface area contributed by atoms with Crippen LogP contribution in [-0.2, 0) is 0 Å². The van der Waals surface area contributed by atoms with Gasteiger partial charge in [-0.2, -0.15) is 0 Å². The minimum Gasteiger partial charge on any atom is -0.456 e. The summed E-state index contributed by atoms with van der Waals surface area (Å²) in [6.45, 7) is 0. The Morgan fingerprint density at radius 3 is 1.80 bits per heavy atom. The van der Waals surface area contributed by atoms with Crippen molar-refractivity contribution in [3.8, 4) is 22.3 Å². The summed E-state index contributed by atoms with van der Waals surface area (Å²) < 4.78 is 6.34. The highest BCUT2D eigenvalue weighted by molar-refractivity contribution is 6.11. The zero-order chi connectivity index (χ0) is 33.0. The monoisotopic (exact) mass is 638 g/mol. The first kappa shape index (κ1) is 28.3. The Kier molecular flexibility index (Phi) is 6.49. The van der Waals surface area contributed by atoms with Crippen molar-refractivity contribution >= 4 is 71.4 Å². The fourth-order valence-electron chi connectivity index (χ4n) is 7.35. The second-order valence-corrected chi connectivity index (χ2v) is 12.8. The summed E-state index contributed by atoms with van der Waals surface area (Å²) in [6, 6.07) is 62.8. The Morgan fingerprint density at radius 1 is 0.360 bits per heavy atom. The van der Waals surface area contributed by atoms with E-state index in [4.69, 9.17) is 4.42 Å². The maximum atomic E-state index is 6.34. The van der Waals surface area contributed by atoms with Gasteiger partial charge in [0.2, 0.25) is 0 Å². The molecule has 0 N–H and O–H groups in total. The lowest BCUT2D eigenvalue weighted by Crippen LogP contribution is -2.09. The van der Waals surface area contributed by atoms with Gasteiger partial charge in [0.1, 0.15) is 11.2 Å². The molecule has 0 aliphatic rings. The third-order valence-corrected chi connectivity index (χ3v) is 9.87. The van der Waals surface area contributed by atoms with Gasteiger partial charge in [-0.3, -0.25) is 4.98 Å². The Morgan fingerprint density at radius 2 is 0.980 bits per heavy atom. The predicted octanol–water partition coefficient (Wildman–Crippen LogP) is 13.2. The number of anilines is 3. The number of benzene rings is 8. The lowest BCUT2D eigenvalue weighted by molar-refractivity contribution is 0.669. The SMILES string of the molecule is c1ccc(-c2ccc(N(c3ccc(-c4ccc5c(ccc6ccccc65)c4)cc3)c3ccc4oc5cc6cccnc6cc5c4c3)cc2)cc1. The molecule has 10 rings (SSSR count). The Labute approximate surface area is 289 Å². The van der Waals surface area contributed by atoms with Crippen molar-refractivity contribution in [3.63, 3.8) is 0 Å². The molecule has 0 bridgehead atoms. The number of pyridine rings is 1. The molecule has 8 aromatic carbocycles. The van der Waals surface area contributed by atoms with E-state index in [1.807, 2.05) is 12.3 Å². The number of fused-ring (bicyclic) bond motifs is 7. The van der Waals surface area contributed by atoms with Crippen molar-refractivity contribution in [2.24, 2.45) is 0 Å². The van der Waals surface area contributed by atoms with Gasteiger partial charge in [-0.1, -0.05) is 109 Å². The Balaban J connectivity index is 1.08. The molecule has 0 aliphatic heterocycles. The fourth-order valence-corrected chi connectivity index (χ4v) is 7.35. The molecule has 0 radical (unpaired) electrons. The van der Waals surface area contributed by atoms with E-state index in [1.54, 1.807) is 0 Å². The molecule has 0 atom stereocenters. The predicted molar refractivity (Wildman–Crippen MR) is 210 cm³/mol. The van der Waals surface area contributed by atoms with Gasteiger partial charge in [0.15, 0.2) is 0 Å². The molecule has 3 nitrogen and oxygen atoms in total. The van der Waals surface area contributed by atoms with Gasteiger partial charge in [-0.25, -0.2) is 0 Å². The van der Waals surface area contributed by atoms with E-state index in [1.165, 1.54) is 43.8 Å². The molecule has 0 fully saturated rings. The number of hydrogen-bond donors (Lipinski definition) is 0. The van der Waals surface area contributed by atoms with Crippen molar-refractivity contribution in [1.29, 1.82) is 0 Å². The lowest BCUT2D eigenvalue weighted by Gasteiger charge is -2.26. The molecule has 10 aromatic rings. The topological polar surface area (TPSA) is 29.3 Å². The minimum atomic E-state index is 0.859. The van der Waals surface area contributed by atoms with Crippen molar-refractivity contribution in [2.45, 2.75) is 0 Å². The van der Waals surface area contributed by atoms with Crippen LogP contribution in [0.2, 0.25) is 0 Å². The highest BCUT2D eigenvalue weighted by Crippen LogP contribution is 2.41. The van der Waals surface area contributed by atoms with Crippen LogP contribution in [0.15, 0.2) is 187 Å². The molecule has 0 saturated carbocycles. The molecule has 0 aliphatic carbocycles. The molecular weight excluding hydrogens is 609 g/mol. The smallest absolute Gasteiger partial charge is 0.136 e. The average molecular weight is 639 g/mol. The van der Waals surface area contributed by atoms with Gasteiger partial charge in [-0.05, 0) is 111 Å². The molecule has 2 aromatic heterocycles. The van der Waals surface area contributed by atoms with Crippen molar-refractivity contribution < 1.29 is 4.42 Å². The number of rotatable bonds is 5. The van der Waals surface area contributed by atoms with Crippen LogP contribution in [0, 0.1) is 0 Å². The minimum absolute atomic E-state index is 0.859. The molecule has 0 amide bonds. The van der Waals surface area contributed by atoms with Gasteiger partial charge in [-0.15, -0.1) is 0 Å². The van der Waals surface area contributed by atoms with Gasteiger partial charge in [0, 0.05) is 39.4 Å². The molecule has 0 spiro atoms. The van der Waals surface area contributed by atoms with E-state index in [2.05, 4.69) is 180 Å². The normalized spacial score (nSPS) is 11.6. The molecule has 50 heavy (non-hydrogen) atoms. The molecule has 3 heteroatoms. The second-order valence-electron chi connectivity index (χ2n) is 12.8. The van der Waals surface area contributed by atoms with E-state index in [-0.39, 0.29) is 0 Å². The van der Waals surface area contributed by atoms with Crippen LogP contribution in [-0.4, -0.2) is 4.98 Å². The van der Waals surface area contributed by atoms with Gasteiger partial charge in [0.25, 0.3) is 0 Å². The standard InChI is InChI=1S/C47H30N2O/c1-2-7-31(8-3-1)32-14-19-38(20-15-32)49(40-23-25-46-43(29-40)44-30-45-37(10-6-26-48-45)28-47(44)50-46)39-21-16-33(17-22-39)35-18-24-42-36(27-35)13-12-34-9-4-5-11-41(34)42/h1-30H. The summed E-state index contributed by atoms with van der Waals surface area (Å²) in [6.07, 6.45) is 1.84. The first-order valence-corrected chi connectivity index (χ1v) is 16.9. The van der Waals surface area contributed by atoms with Crippen molar-refractivity contribution in [3.05, 3.63) is 182 Å². The number of aromatic nitrogens is 1. The third-order valence-electron chi connectivity index (χ3n) is 9.87. The summed E-state index contributed by atoms with van der Waals surface area (Å²) in [5, 5.41) is 8.27. The molecule has 0 unspecified atom stereocenters. The van der Waals surface area contributed by atoms with E-state index in [9.17, 15) is 0 Å². The molecule has 0 saturated heterocycles. The second kappa shape index (κ2) is 11.5. The Hall–Kier alpha value is -6.71. The fraction of sp³-hybridized carbons (Fsp3) is 0. The van der Waals surface area contributed by atoms with Crippen LogP contribution in [0.1, 0.15) is 0 Å². The first-order valence-electron chi connectivity index (χ1n) is 16.9. The summed E-state index contributed by atoms with van der Waals surface area (Å²) in [7, 11) is 0. The van der Waals surface area contributed by atoms with Gasteiger partial charge < -0.3 is 9.32 Å². The Bertz CT molecular complexity index is 2850. The van der Waals surface area contributed by atoms with Crippen LogP contribution in [0.25, 0.3) is 76.6 Å². The largest absolute Gasteiger partial charge is 0.456 e. The van der Waals surface area contributed by atoms with Crippen LogP contribution in [0.3, 0.4) is 0 Å². The van der Waals surface area contributed by atoms with E-state index in [0.717, 1.165) is 49.9 Å². The lowest BCUT2D eigenvalue weighted by atomic mass is 9.97. The van der Waals surface area contributed by atoms with E-state index in [0.29, 0.717) is 0 Å². The quantitative estimate of drug-likeness (QED) is 0.176. The van der Waals surface area contributed by atoms with E-state index < -0.39 is 0 Å². The summed E-state index contributed by atoms with van der Waals surface area (Å²) in [5.74, 6) is 0. The first-order chi connectivity index (χ1) is 24.7. The summed E-state index contributed by atoms with van der Waals surface area (Å²) >= 11 is 0. The van der Waals surface area contributed by atoms with Crippen LogP contribution >= 0.6 is 0 Å². The highest BCUT2D eigenvalue weighted by atomic mass is 16.3. The third kappa shape index (κ3) is 4.79. The van der Waals surface area contributed by atoms with E-state index >= 15 is 0 Å².